The van der Waals surface area contributed by atoms with Crippen LogP contribution >= 0.6 is 0 Å². The maximum absolute atomic E-state index is 2.43. The van der Waals surface area contributed by atoms with Crippen molar-refractivity contribution in [2.75, 3.05) is 4.90 Å². The fourth-order valence-corrected chi connectivity index (χ4v) is 8.95. The van der Waals surface area contributed by atoms with Crippen molar-refractivity contribution in [1.82, 2.24) is 4.57 Å². The molecule has 11 aromatic rings. The number of hydrogen-bond donors (Lipinski definition) is 0. The maximum Gasteiger partial charge on any atom is 0.0619 e. The fourth-order valence-electron chi connectivity index (χ4n) is 8.95. The molecular weight excluding hydrogens is 701 g/mol. The van der Waals surface area contributed by atoms with Gasteiger partial charge in [0.05, 0.1) is 16.7 Å². The minimum Gasteiger partial charge on any atom is -0.310 e. The van der Waals surface area contributed by atoms with Gasteiger partial charge in [0.15, 0.2) is 0 Å². The lowest BCUT2D eigenvalue weighted by Crippen LogP contribution is -2.11. The van der Waals surface area contributed by atoms with Crippen LogP contribution in [0.2, 0.25) is 0 Å². The summed E-state index contributed by atoms with van der Waals surface area (Å²) >= 11 is 0. The van der Waals surface area contributed by atoms with Crippen molar-refractivity contribution in [3.05, 3.63) is 231 Å². The monoisotopic (exact) mass is 738 g/mol. The molecule has 10 aromatic carbocycles. The quantitative estimate of drug-likeness (QED) is 0.158. The summed E-state index contributed by atoms with van der Waals surface area (Å²) in [5, 5.41) is 7.39. The van der Waals surface area contributed by atoms with Gasteiger partial charge in [-0.3, -0.25) is 0 Å². The van der Waals surface area contributed by atoms with E-state index in [9.17, 15) is 0 Å². The minimum atomic E-state index is 1.09. The van der Waals surface area contributed by atoms with Crippen LogP contribution in [0.1, 0.15) is 0 Å². The Balaban J connectivity index is 1.11. The smallest absolute Gasteiger partial charge is 0.0619 e. The van der Waals surface area contributed by atoms with Crippen LogP contribution in [0.25, 0.3) is 82.4 Å². The lowest BCUT2D eigenvalue weighted by atomic mass is 9.90. The Morgan fingerprint density at radius 1 is 0.328 bits per heavy atom. The summed E-state index contributed by atoms with van der Waals surface area (Å²) < 4.78 is 2.42. The van der Waals surface area contributed by atoms with Crippen molar-refractivity contribution in [3.63, 3.8) is 0 Å². The van der Waals surface area contributed by atoms with E-state index in [1.54, 1.807) is 0 Å². The molecule has 0 atom stereocenters. The van der Waals surface area contributed by atoms with Gasteiger partial charge in [0.2, 0.25) is 0 Å². The Labute approximate surface area is 338 Å². The first-order valence-corrected chi connectivity index (χ1v) is 19.9. The van der Waals surface area contributed by atoms with Gasteiger partial charge in [-0.1, -0.05) is 182 Å². The van der Waals surface area contributed by atoms with Gasteiger partial charge in [-0.25, -0.2) is 0 Å². The van der Waals surface area contributed by atoms with Crippen LogP contribution in [0, 0.1) is 0 Å². The van der Waals surface area contributed by atoms with Crippen LogP contribution in [-0.2, 0) is 0 Å². The van der Waals surface area contributed by atoms with Gasteiger partial charge in [0.1, 0.15) is 0 Å². The number of benzene rings is 10. The van der Waals surface area contributed by atoms with Crippen LogP contribution < -0.4 is 4.90 Å². The number of hydrogen-bond acceptors (Lipinski definition) is 1. The van der Waals surface area contributed by atoms with E-state index >= 15 is 0 Å². The Hall–Kier alpha value is -7.68. The summed E-state index contributed by atoms with van der Waals surface area (Å²) in [4.78, 5) is 2.43. The molecule has 0 unspecified atom stereocenters. The molecular formula is C56H38N2. The topological polar surface area (TPSA) is 8.17 Å². The number of nitrogens with zero attached hydrogens (tertiary/aromatic N) is 2. The van der Waals surface area contributed by atoms with Crippen molar-refractivity contribution < 1.29 is 0 Å². The Bertz CT molecular complexity index is 3260. The van der Waals surface area contributed by atoms with Gasteiger partial charge in [-0.2, -0.15) is 0 Å². The highest BCUT2D eigenvalue weighted by atomic mass is 15.1. The summed E-state index contributed by atoms with van der Waals surface area (Å²) in [6.45, 7) is 0. The molecule has 272 valence electrons. The Kier molecular flexibility index (Phi) is 8.19. The average Bonchev–Trinajstić information content (AvgIpc) is 3.64. The third-order valence-electron chi connectivity index (χ3n) is 11.6. The molecule has 2 heteroatoms. The molecule has 0 spiro atoms. The highest BCUT2D eigenvalue weighted by molar-refractivity contribution is 6.14. The zero-order chi connectivity index (χ0) is 38.4. The van der Waals surface area contributed by atoms with E-state index in [1.807, 2.05) is 0 Å². The standard InChI is InChI=1S/C56H38N2/c1-3-17-40(18-4-1)47-26-13-20-42-21-14-28-51(55(42)47)49-24-9-11-30-53(49)57(46-37-32-39-16-7-8-19-43(39)38-46)45-35-33-41(34-36-45)48-27-15-29-52-50-25-10-12-31-54(50)58(56(48)52)44-22-5-2-6-23-44/h1-38H. The molecule has 0 fully saturated rings. The van der Waals surface area contributed by atoms with Crippen LogP contribution in [0.5, 0.6) is 0 Å². The van der Waals surface area contributed by atoms with Gasteiger partial charge in [0, 0.05) is 39.0 Å². The first-order valence-electron chi connectivity index (χ1n) is 19.9. The predicted octanol–water partition coefficient (Wildman–Crippen LogP) is 15.6. The molecule has 0 bridgehead atoms. The Morgan fingerprint density at radius 2 is 0.897 bits per heavy atom. The lowest BCUT2D eigenvalue weighted by molar-refractivity contribution is 1.18. The van der Waals surface area contributed by atoms with Crippen LogP contribution in [0.4, 0.5) is 17.1 Å². The predicted molar refractivity (Wildman–Crippen MR) is 247 cm³/mol. The molecule has 0 aliphatic carbocycles. The third kappa shape index (κ3) is 5.66. The highest BCUT2D eigenvalue weighted by Gasteiger charge is 2.21. The number of anilines is 3. The fraction of sp³-hybridized carbons (Fsp3) is 0. The lowest BCUT2D eigenvalue weighted by Gasteiger charge is -2.29. The summed E-state index contributed by atoms with van der Waals surface area (Å²) in [6, 6.07) is 83.7. The zero-order valence-corrected chi connectivity index (χ0v) is 31.8. The van der Waals surface area contributed by atoms with Crippen molar-refractivity contribution in [2.24, 2.45) is 0 Å². The van der Waals surface area contributed by atoms with E-state index in [1.165, 1.54) is 76.7 Å². The number of para-hydroxylation sites is 4. The molecule has 2 nitrogen and oxygen atoms in total. The third-order valence-corrected chi connectivity index (χ3v) is 11.6. The molecule has 0 amide bonds. The summed E-state index contributed by atoms with van der Waals surface area (Å²) in [6.07, 6.45) is 0. The summed E-state index contributed by atoms with van der Waals surface area (Å²) in [5.74, 6) is 0. The van der Waals surface area contributed by atoms with E-state index in [0.29, 0.717) is 0 Å². The molecule has 11 rings (SSSR count). The van der Waals surface area contributed by atoms with Gasteiger partial charge in [-0.15, -0.1) is 0 Å². The molecule has 1 heterocycles. The largest absolute Gasteiger partial charge is 0.310 e. The molecule has 58 heavy (non-hydrogen) atoms. The summed E-state index contributed by atoms with van der Waals surface area (Å²) in [7, 11) is 0. The second-order valence-corrected chi connectivity index (χ2v) is 14.9. The van der Waals surface area contributed by atoms with Crippen molar-refractivity contribution in [1.29, 1.82) is 0 Å². The molecule has 0 saturated heterocycles. The zero-order valence-electron chi connectivity index (χ0n) is 31.8. The number of rotatable bonds is 7. The molecule has 0 aliphatic heterocycles. The van der Waals surface area contributed by atoms with E-state index in [-0.39, 0.29) is 0 Å². The maximum atomic E-state index is 2.43. The van der Waals surface area contributed by atoms with E-state index in [4.69, 9.17) is 0 Å². The first-order chi connectivity index (χ1) is 28.8. The highest BCUT2D eigenvalue weighted by Crippen LogP contribution is 2.46. The van der Waals surface area contributed by atoms with E-state index < -0.39 is 0 Å². The summed E-state index contributed by atoms with van der Waals surface area (Å²) in [5.41, 5.74) is 14.1. The normalized spacial score (nSPS) is 11.4. The van der Waals surface area contributed by atoms with Crippen molar-refractivity contribution >= 4 is 60.4 Å². The van der Waals surface area contributed by atoms with Crippen molar-refractivity contribution in [2.45, 2.75) is 0 Å². The van der Waals surface area contributed by atoms with Crippen LogP contribution in [0.15, 0.2) is 231 Å². The second-order valence-electron chi connectivity index (χ2n) is 14.9. The number of aromatic nitrogens is 1. The first kappa shape index (κ1) is 33.6. The van der Waals surface area contributed by atoms with Gasteiger partial charge >= 0.3 is 0 Å². The molecule has 1 aromatic heterocycles. The minimum absolute atomic E-state index is 1.09. The average molecular weight is 739 g/mol. The van der Waals surface area contributed by atoms with Crippen molar-refractivity contribution in [3.8, 4) is 39.1 Å². The number of fused-ring (bicyclic) bond motifs is 5. The van der Waals surface area contributed by atoms with Gasteiger partial charge in [0.25, 0.3) is 0 Å². The van der Waals surface area contributed by atoms with Crippen LogP contribution in [-0.4, -0.2) is 4.57 Å². The van der Waals surface area contributed by atoms with Gasteiger partial charge in [-0.05, 0) is 92.3 Å². The molecule has 0 aliphatic rings. The van der Waals surface area contributed by atoms with Gasteiger partial charge < -0.3 is 9.47 Å². The molecule has 0 N–H and O–H groups in total. The molecule has 0 radical (unpaired) electrons. The SMILES string of the molecule is c1ccc(-c2cccc3cccc(-c4ccccc4N(c4ccc(-c5cccc6c7ccccc7n(-c7ccccc7)c56)cc4)c4ccc5ccccc5c4)c23)cc1. The Morgan fingerprint density at radius 3 is 1.72 bits per heavy atom. The van der Waals surface area contributed by atoms with E-state index in [0.717, 1.165) is 22.7 Å². The van der Waals surface area contributed by atoms with E-state index in [2.05, 4.69) is 240 Å². The second kappa shape index (κ2) is 14.1. The van der Waals surface area contributed by atoms with Crippen LogP contribution in [0.3, 0.4) is 0 Å². The molecule has 0 saturated carbocycles.